The normalized spacial score (nSPS) is 10.6. The van der Waals surface area contributed by atoms with E-state index in [4.69, 9.17) is 0 Å². The van der Waals surface area contributed by atoms with Crippen molar-refractivity contribution in [2.24, 2.45) is 0 Å². The Hall–Kier alpha value is -3.58. The van der Waals surface area contributed by atoms with E-state index in [9.17, 15) is 9.59 Å². The maximum atomic E-state index is 12.6. The number of hydrogen-bond acceptors (Lipinski definition) is 4. The number of nitrogens with one attached hydrogen (secondary N) is 2. The first-order chi connectivity index (χ1) is 14.2. The van der Waals surface area contributed by atoms with E-state index in [0.29, 0.717) is 16.9 Å². The van der Waals surface area contributed by atoms with Gasteiger partial charge in [-0.1, -0.05) is 36.4 Å². The minimum atomic E-state index is -0.368. The Bertz CT molecular complexity index is 1120. The van der Waals surface area contributed by atoms with Gasteiger partial charge >= 0.3 is 0 Å². The average Bonchev–Trinajstić information content (AvgIpc) is 3.19. The third-order valence-electron chi connectivity index (χ3n) is 4.25. The second-order valence-corrected chi connectivity index (χ2v) is 7.27. The lowest BCUT2D eigenvalue weighted by Crippen LogP contribution is -2.41. The molecule has 6 nitrogen and oxygen atoms in total. The molecule has 7 heteroatoms. The van der Waals surface area contributed by atoms with Gasteiger partial charge in [0.1, 0.15) is 5.65 Å². The van der Waals surface area contributed by atoms with Crippen LogP contribution in [0.4, 0.5) is 0 Å². The van der Waals surface area contributed by atoms with Crippen molar-refractivity contribution in [2.75, 3.05) is 0 Å². The second-order valence-electron chi connectivity index (χ2n) is 6.26. The predicted octanol–water partition coefficient (Wildman–Crippen LogP) is 3.70. The van der Waals surface area contributed by atoms with Gasteiger partial charge in [-0.3, -0.25) is 20.4 Å². The molecule has 4 aromatic rings. The van der Waals surface area contributed by atoms with Crippen molar-refractivity contribution in [2.45, 2.75) is 10.6 Å². The maximum absolute atomic E-state index is 12.6. The van der Waals surface area contributed by atoms with Crippen LogP contribution >= 0.6 is 11.8 Å². The van der Waals surface area contributed by atoms with Gasteiger partial charge in [0.2, 0.25) is 0 Å². The Morgan fingerprint density at radius 1 is 0.862 bits per heavy atom. The highest BCUT2D eigenvalue weighted by molar-refractivity contribution is 7.98. The summed E-state index contributed by atoms with van der Waals surface area (Å²) in [6.07, 6.45) is 3.93. The van der Waals surface area contributed by atoms with Crippen LogP contribution in [-0.2, 0) is 5.75 Å². The molecule has 0 atom stereocenters. The number of carbonyl (C=O) groups is 2. The van der Waals surface area contributed by atoms with Gasteiger partial charge < -0.3 is 4.40 Å². The molecule has 0 spiro atoms. The molecule has 0 aliphatic rings. The largest absolute Gasteiger partial charge is 0.307 e. The fourth-order valence-electron chi connectivity index (χ4n) is 2.83. The number of thioether (sulfide) groups is 1. The van der Waals surface area contributed by atoms with Crippen LogP contribution in [0.3, 0.4) is 0 Å². The zero-order valence-corrected chi connectivity index (χ0v) is 16.2. The fourth-order valence-corrected chi connectivity index (χ4v) is 3.76. The van der Waals surface area contributed by atoms with Gasteiger partial charge in [-0.2, -0.15) is 0 Å². The van der Waals surface area contributed by atoms with Gasteiger partial charge in [0.15, 0.2) is 0 Å². The van der Waals surface area contributed by atoms with Crippen LogP contribution in [0, 0.1) is 0 Å². The summed E-state index contributed by atoms with van der Waals surface area (Å²) in [5.74, 6) is -0.108. The number of hydrogen-bond donors (Lipinski definition) is 2. The van der Waals surface area contributed by atoms with Crippen LogP contribution in [0.5, 0.6) is 0 Å². The molecule has 4 rings (SSSR count). The first kappa shape index (κ1) is 18.8. The lowest BCUT2D eigenvalue weighted by Gasteiger charge is -2.10. The third-order valence-corrected chi connectivity index (χ3v) is 5.35. The van der Waals surface area contributed by atoms with Gasteiger partial charge in [0.05, 0.1) is 11.3 Å². The highest BCUT2D eigenvalue weighted by Gasteiger charge is 2.13. The summed E-state index contributed by atoms with van der Waals surface area (Å²) < 4.78 is 1.97. The molecule has 144 valence electrons. The molecule has 0 aliphatic heterocycles. The molecule has 0 fully saturated rings. The van der Waals surface area contributed by atoms with E-state index < -0.39 is 0 Å². The molecule has 2 aromatic carbocycles. The predicted molar refractivity (Wildman–Crippen MR) is 113 cm³/mol. The van der Waals surface area contributed by atoms with Crippen LogP contribution in [0.2, 0.25) is 0 Å². The molecule has 2 heterocycles. The Morgan fingerprint density at radius 2 is 1.59 bits per heavy atom. The molecular weight excluding hydrogens is 384 g/mol. The number of rotatable bonds is 5. The number of pyridine rings is 1. The van der Waals surface area contributed by atoms with E-state index in [-0.39, 0.29) is 11.8 Å². The third kappa shape index (κ3) is 4.47. The lowest BCUT2D eigenvalue weighted by atomic mass is 10.2. The van der Waals surface area contributed by atoms with E-state index in [2.05, 4.69) is 15.8 Å². The summed E-state index contributed by atoms with van der Waals surface area (Å²) in [6.45, 7) is 0. The first-order valence-corrected chi connectivity index (χ1v) is 9.99. The zero-order valence-electron chi connectivity index (χ0n) is 15.4. The molecule has 0 bridgehead atoms. The SMILES string of the molecule is O=C(NNC(=O)c1ccccc1SCc1cn2ccccc2n1)c1ccccc1. The average molecular weight is 402 g/mol. The second kappa shape index (κ2) is 8.62. The minimum Gasteiger partial charge on any atom is -0.307 e. The van der Waals surface area contributed by atoms with Gasteiger partial charge in [-0.05, 0) is 36.4 Å². The Labute approximate surface area is 171 Å². The van der Waals surface area contributed by atoms with Gasteiger partial charge in [-0.15, -0.1) is 11.8 Å². The number of hydrazine groups is 1. The van der Waals surface area contributed by atoms with Crippen molar-refractivity contribution < 1.29 is 9.59 Å². The standard InChI is InChI=1S/C22H18N4O2S/c27-21(16-8-2-1-3-9-16)24-25-22(28)18-10-4-5-11-19(18)29-15-17-14-26-13-7-6-12-20(26)23-17/h1-14H,15H2,(H,24,27)(H,25,28). The van der Waals surface area contributed by atoms with Crippen molar-refractivity contribution in [3.8, 4) is 0 Å². The molecule has 0 unspecified atom stereocenters. The molecule has 2 amide bonds. The number of fused-ring (bicyclic) bond motifs is 1. The summed E-state index contributed by atoms with van der Waals surface area (Å²) in [5.41, 5.74) is 7.72. The molecule has 29 heavy (non-hydrogen) atoms. The highest BCUT2D eigenvalue weighted by Crippen LogP contribution is 2.26. The molecule has 0 radical (unpaired) electrons. The van der Waals surface area contributed by atoms with Crippen LogP contribution in [0.15, 0.2) is 90.1 Å². The van der Waals surface area contributed by atoms with Crippen LogP contribution in [-0.4, -0.2) is 21.2 Å². The summed E-state index contributed by atoms with van der Waals surface area (Å²) in [5, 5.41) is 0. The monoisotopic (exact) mass is 402 g/mol. The maximum Gasteiger partial charge on any atom is 0.270 e. The number of imidazole rings is 1. The molecule has 2 N–H and O–H groups in total. The number of amides is 2. The number of nitrogens with zero attached hydrogens (tertiary/aromatic N) is 2. The van der Waals surface area contributed by atoms with Crippen molar-refractivity contribution in [3.63, 3.8) is 0 Å². The fraction of sp³-hybridized carbons (Fsp3) is 0.0455. The van der Waals surface area contributed by atoms with E-state index in [1.54, 1.807) is 36.4 Å². The van der Waals surface area contributed by atoms with Crippen LogP contribution < -0.4 is 10.9 Å². The van der Waals surface area contributed by atoms with E-state index in [0.717, 1.165) is 16.2 Å². The van der Waals surface area contributed by atoms with Crippen LogP contribution in [0.25, 0.3) is 5.65 Å². The quantitative estimate of drug-likeness (QED) is 0.394. The van der Waals surface area contributed by atoms with Crippen molar-refractivity contribution in [1.82, 2.24) is 20.2 Å². The summed E-state index contributed by atoms with van der Waals surface area (Å²) in [7, 11) is 0. The summed E-state index contributed by atoms with van der Waals surface area (Å²) in [6, 6.07) is 21.9. The minimum absolute atomic E-state index is 0.367. The van der Waals surface area contributed by atoms with E-state index in [1.807, 2.05) is 53.2 Å². The van der Waals surface area contributed by atoms with E-state index in [1.165, 1.54) is 11.8 Å². The number of aromatic nitrogens is 2. The molecule has 0 aliphatic carbocycles. The Balaban J connectivity index is 1.42. The Kier molecular flexibility index (Phi) is 5.58. The zero-order chi connectivity index (χ0) is 20.1. The molecule has 2 aromatic heterocycles. The van der Waals surface area contributed by atoms with Crippen molar-refractivity contribution >= 4 is 29.2 Å². The number of benzene rings is 2. The van der Waals surface area contributed by atoms with Gasteiger partial charge in [-0.25, -0.2) is 4.98 Å². The van der Waals surface area contributed by atoms with Gasteiger partial charge in [0.25, 0.3) is 11.8 Å². The number of carbonyl (C=O) groups excluding carboxylic acids is 2. The lowest BCUT2D eigenvalue weighted by molar-refractivity contribution is 0.0845. The highest BCUT2D eigenvalue weighted by atomic mass is 32.2. The Morgan fingerprint density at radius 3 is 2.41 bits per heavy atom. The van der Waals surface area contributed by atoms with E-state index >= 15 is 0 Å². The van der Waals surface area contributed by atoms with Crippen molar-refractivity contribution in [1.29, 1.82) is 0 Å². The first-order valence-electron chi connectivity index (χ1n) is 9.01. The summed E-state index contributed by atoms with van der Waals surface area (Å²) >= 11 is 1.52. The topological polar surface area (TPSA) is 75.5 Å². The van der Waals surface area contributed by atoms with Gasteiger partial charge in [0, 0.05) is 28.6 Å². The molecule has 0 saturated carbocycles. The van der Waals surface area contributed by atoms with Crippen LogP contribution in [0.1, 0.15) is 26.4 Å². The smallest absolute Gasteiger partial charge is 0.270 e. The molecule has 0 saturated heterocycles. The summed E-state index contributed by atoms with van der Waals surface area (Å²) in [4.78, 5) is 30.1. The van der Waals surface area contributed by atoms with Crippen molar-refractivity contribution in [3.05, 3.63) is 102 Å². The molecular formula is C22H18N4O2S.